The highest BCUT2D eigenvalue weighted by molar-refractivity contribution is 7.16. The van der Waals surface area contributed by atoms with Crippen LogP contribution < -0.4 is 10.6 Å². The average molecular weight is 410 g/mol. The first kappa shape index (κ1) is 19.1. The lowest BCUT2D eigenvalue weighted by Gasteiger charge is -2.09. The molecule has 3 rings (SSSR count). The minimum atomic E-state index is -4.42. The van der Waals surface area contributed by atoms with E-state index in [1.54, 1.807) is 24.3 Å². The van der Waals surface area contributed by atoms with Gasteiger partial charge < -0.3 is 10.6 Å². The average Bonchev–Trinajstić information content (AvgIpc) is 3.31. The maximum absolute atomic E-state index is 12.5. The number of nitrogens with one attached hydrogen (secondary N) is 2. The van der Waals surface area contributed by atoms with Crippen LogP contribution in [0.4, 0.5) is 23.7 Å². The van der Waals surface area contributed by atoms with Crippen LogP contribution in [0.2, 0.25) is 0 Å². The summed E-state index contributed by atoms with van der Waals surface area (Å²) >= 11 is 2.65. The van der Waals surface area contributed by atoms with E-state index >= 15 is 0 Å². The number of anilines is 1. The molecule has 2 heterocycles. The normalized spacial score (nSPS) is 11.2. The van der Waals surface area contributed by atoms with Gasteiger partial charge in [-0.25, -0.2) is 4.79 Å². The van der Waals surface area contributed by atoms with Crippen molar-refractivity contribution in [2.45, 2.75) is 12.7 Å². The monoisotopic (exact) mass is 410 g/mol. The summed E-state index contributed by atoms with van der Waals surface area (Å²) in [6.45, 7) is 0.203. The van der Waals surface area contributed by atoms with Gasteiger partial charge in [0.05, 0.1) is 21.9 Å². The van der Waals surface area contributed by atoms with Crippen molar-refractivity contribution in [3.8, 4) is 0 Å². The fourth-order valence-electron chi connectivity index (χ4n) is 2.21. The zero-order chi connectivity index (χ0) is 19.4. The van der Waals surface area contributed by atoms with Crippen molar-refractivity contribution in [2.75, 3.05) is 5.32 Å². The second-order valence-corrected chi connectivity index (χ2v) is 7.57. The van der Waals surface area contributed by atoms with E-state index in [1.807, 2.05) is 5.38 Å². The first-order valence-electron chi connectivity index (χ1n) is 7.72. The van der Waals surface area contributed by atoms with Crippen LogP contribution in [0.15, 0.2) is 53.9 Å². The Labute approximate surface area is 160 Å². The molecule has 0 aliphatic rings. The number of ketones is 1. The molecular weight excluding hydrogens is 397 g/mol. The maximum Gasteiger partial charge on any atom is 0.416 e. The Hall–Kier alpha value is -2.65. The highest BCUT2D eigenvalue weighted by Gasteiger charge is 2.29. The zero-order valence-corrected chi connectivity index (χ0v) is 15.3. The first-order valence-corrected chi connectivity index (χ1v) is 9.41. The van der Waals surface area contributed by atoms with Crippen molar-refractivity contribution in [2.24, 2.45) is 0 Å². The number of urea groups is 1. The van der Waals surface area contributed by atoms with Crippen LogP contribution in [-0.4, -0.2) is 11.8 Å². The first-order chi connectivity index (χ1) is 12.8. The molecule has 0 aliphatic heterocycles. The molecule has 1 aromatic carbocycles. The van der Waals surface area contributed by atoms with Crippen LogP contribution >= 0.6 is 22.7 Å². The Balaban J connectivity index is 1.53. The van der Waals surface area contributed by atoms with E-state index in [9.17, 15) is 22.8 Å². The van der Waals surface area contributed by atoms with Crippen LogP contribution in [-0.2, 0) is 12.7 Å². The highest BCUT2D eigenvalue weighted by atomic mass is 32.1. The molecule has 0 unspecified atom stereocenters. The summed E-state index contributed by atoms with van der Waals surface area (Å²) in [6.07, 6.45) is -4.42. The standard InChI is InChI=1S/C18H13F3N2O2S2/c19-18(20,21)11-3-5-12(6-4-11)23-17(25)22-10-13-7-8-15(27-13)16(24)14-2-1-9-26-14/h1-9H,10H2,(H2,22,23,25). The molecule has 140 valence electrons. The quantitative estimate of drug-likeness (QED) is 0.555. The molecule has 0 saturated heterocycles. The van der Waals surface area contributed by atoms with Crippen LogP contribution in [0, 0.1) is 0 Å². The van der Waals surface area contributed by atoms with Crippen molar-refractivity contribution in [3.63, 3.8) is 0 Å². The van der Waals surface area contributed by atoms with E-state index < -0.39 is 17.8 Å². The predicted molar refractivity (Wildman–Crippen MR) is 99.4 cm³/mol. The SMILES string of the molecule is O=C(NCc1ccc(C(=O)c2cccs2)s1)Nc1ccc(C(F)(F)F)cc1. The molecule has 0 saturated carbocycles. The molecule has 0 fully saturated rings. The third-order valence-corrected chi connectivity index (χ3v) is 5.48. The lowest BCUT2D eigenvalue weighted by molar-refractivity contribution is -0.137. The van der Waals surface area contributed by atoms with Crippen LogP contribution in [0.25, 0.3) is 0 Å². The summed E-state index contributed by atoms with van der Waals surface area (Å²) in [5.74, 6) is -0.0598. The van der Waals surface area contributed by atoms with E-state index in [4.69, 9.17) is 0 Å². The molecule has 2 N–H and O–H groups in total. The Morgan fingerprint density at radius 3 is 2.33 bits per heavy atom. The fourth-order valence-corrected chi connectivity index (χ4v) is 3.85. The predicted octanol–water partition coefficient (Wildman–Crippen LogP) is 5.38. The van der Waals surface area contributed by atoms with Crippen molar-refractivity contribution in [3.05, 3.63) is 74.1 Å². The van der Waals surface area contributed by atoms with Crippen LogP contribution in [0.1, 0.15) is 25.0 Å². The van der Waals surface area contributed by atoms with E-state index in [1.165, 1.54) is 34.8 Å². The van der Waals surface area contributed by atoms with Gasteiger partial charge in [0.1, 0.15) is 0 Å². The zero-order valence-electron chi connectivity index (χ0n) is 13.7. The number of hydrogen-bond acceptors (Lipinski definition) is 4. The van der Waals surface area contributed by atoms with Gasteiger partial charge in [0.25, 0.3) is 0 Å². The molecule has 4 nitrogen and oxygen atoms in total. The van der Waals surface area contributed by atoms with Gasteiger partial charge in [0.15, 0.2) is 0 Å². The van der Waals surface area contributed by atoms with Gasteiger partial charge in [0.2, 0.25) is 5.78 Å². The summed E-state index contributed by atoms with van der Waals surface area (Å²) in [6, 6.07) is 10.6. The van der Waals surface area contributed by atoms with E-state index in [2.05, 4.69) is 10.6 Å². The number of halogens is 3. The minimum Gasteiger partial charge on any atom is -0.333 e. The summed E-state index contributed by atoms with van der Waals surface area (Å²) in [5.41, 5.74) is -0.532. The van der Waals surface area contributed by atoms with E-state index in [0.29, 0.717) is 9.75 Å². The number of amides is 2. The van der Waals surface area contributed by atoms with Crippen LogP contribution in [0.5, 0.6) is 0 Å². The van der Waals surface area contributed by atoms with Gasteiger partial charge in [0, 0.05) is 10.6 Å². The summed E-state index contributed by atoms with van der Waals surface area (Å²) in [4.78, 5) is 26.1. The smallest absolute Gasteiger partial charge is 0.333 e. The van der Waals surface area contributed by atoms with E-state index in [0.717, 1.165) is 17.0 Å². The Morgan fingerprint density at radius 2 is 1.70 bits per heavy atom. The molecule has 3 aromatic rings. The second-order valence-electron chi connectivity index (χ2n) is 5.46. The number of rotatable bonds is 5. The molecule has 2 aromatic heterocycles. The summed E-state index contributed by atoms with van der Waals surface area (Å²) in [7, 11) is 0. The molecular formula is C18H13F3N2O2S2. The maximum atomic E-state index is 12.5. The van der Waals surface area contributed by atoms with Gasteiger partial charge in [-0.1, -0.05) is 6.07 Å². The number of thiophene rings is 2. The molecule has 0 radical (unpaired) electrons. The largest absolute Gasteiger partial charge is 0.416 e. The van der Waals surface area contributed by atoms with Crippen molar-refractivity contribution in [1.29, 1.82) is 0 Å². The topological polar surface area (TPSA) is 58.2 Å². The highest BCUT2D eigenvalue weighted by Crippen LogP contribution is 2.29. The number of hydrogen-bond donors (Lipinski definition) is 2. The molecule has 27 heavy (non-hydrogen) atoms. The molecule has 9 heteroatoms. The fraction of sp³-hybridized carbons (Fsp3) is 0.111. The molecule has 2 amide bonds. The number of benzene rings is 1. The van der Waals surface area contributed by atoms with Crippen molar-refractivity contribution >= 4 is 40.2 Å². The minimum absolute atomic E-state index is 0.0598. The van der Waals surface area contributed by atoms with Gasteiger partial charge in [-0.15, -0.1) is 22.7 Å². The Morgan fingerprint density at radius 1 is 0.963 bits per heavy atom. The Kier molecular flexibility index (Phi) is 5.62. The summed E-state index contributed by atoms with van der Waals surface area (Å²) in [5, 5.41) is 6.90. The number of carbonyl (C=O) groups excluding carboxylic acids is 2. The third kappa shape index (κ3) is 4.95. The van der Waals surface area contributed by atoms with Gasteiger partial charge >= 0.3 is 12.2 Å². The molecule has 0 aliphatic carbocycles. The number of alkyl halides is 3. The van der Waals surface area contributed by atoms with E-state index in [-0.39, 0.29) is 18.0 Å². The summed E-state index contributed by atoms with van der Waals surface area (Å²) < 4.78 is 37.6. The second kappa shape index (κ2) is 7.93. The van der Waals surface area contributed by atoms with Crippen molar-refractivity contribution in [1.82, 2.24) is 5.32 Å². The molecule has 0 spiro atoms. The lowest BCUT2D eigenvalue weighted by atomic mass is 10.2. The van der Waals surface area contributed by atoms with Crippen LogP contribution in [0.3, 0.4) is 0 Å². The Bertz CT molecular complexity index is 932. The molecule has 0 bridgehead atoms. The molecule has 0 atom stereocenters. The van der Waals surface area contributed by atoms with Gasteiger partial charge in [-0.05, 0) is 47.8 Å². The van der Waals surface area contributed by atoms with Crippen molar-refractivity contribution < 1.29 is 22.8 Å². The van der Waals surface area contributed by atoms with Gasteiger partial charge in [-0.2, -0.15) is 13.2 Å². The lowest BCUT2D eigenvalue weighted by Crippen LogP contribution is -2.27. The third-order valence-electron chi connectivity index (χ3n) is 3.52. The van der Waals surface area contributed by atoms with Gasteiger partial charge in [-0.3, -0.25) is 4.79 Å². The number of carbonyl (C=O) groups is 2.